The van der Waals surface area contributed by atoms with Gasteiger partial charge in [-0.2, -0.15) is 0 Å². The minimum Gasteiger partial charge on any atom is -0.358 e. The molecule has 0 fully saturated rings. The maximum absolute atomic E-state index is 3.55. The van der Waals surface area contributed by atoms with Crippen LogP contribution in [0.15, 0.2) is 16.6 Å². The number of benzene rings is 1. The monoisotopic (exact) mass is 237 g/mol. The summed E-state index contributed by atoms with van der Waals surface area (Å²) in [4.78, 5) is 3.37. The molecule has 0 radical (unpaired) electrons. The van der Waals surface area contributed by atoms with Gasteiger partial charge in [0.05, 0.1) is 0 Å². The molecule has 0 amide bonds. The molecule has 13 heavy (non-hydrogen) atoms. The highest BCUT2D eigenvalue weighted by Gasteiger charge is 2.05. The average molecular weight is 238 g/mol. The van der Waals surface area contributed by atoms with E-state index in [9.17, 15) is 0 Å². The van der Waals surface area contributed by atoms with E-state index in [2.05, 4.69) is 53.8 Å². The zero-order valence-corrected chi connectivity index (χ0v) is 9.62. The number of rotatable bonds is 0. The van der Waals surface area contributed by atoms with E-state index in [0.717, 1.165) is 0 Å². The quantitative estimate of drug-likeness (QED) is 0.717. The Kier molecular flexibility index (Phi) is 1.95. The van der Waals surface area contributed by atoms with Gasteiger partial charge in [-0.05, 0) is 44.0 Å². The van der Waals surface area contributed by atoms with Crippen LogP contribution in [0.2, 0.25) is 0 Å². The first kappa shape index (κ1) is 8.82. The maximum atomic E-state index is 3.55. The van der Waals surface area contributed by atoms with Gasteiger partial charge in [0.2, 0.25) is 0 Å². The minimum absolute atomic E-state index is 1.18. The number of nitrogens with one attached hydrogen (secondary N) is 1. The molecule has 1 aromatic carbocycles. The van der Waals surface area contributed by atoms with Gasteiger partial charge in [0.25, 0.3) is 0 Å². The van der Waals surface area contributed by atoms with Crippen molar-refractivity contribution in [3.05, 3.63) is 33.4 Å². The second-order valence-corrected chi connectivity index (χ2v) is 4.38. The molecule has 0 saturated carbocycles. The molecule has 0 unspecified atom stereocenters. The lowest BCUT2D eigenvalue weighted by molar-refractivity contribution is 1.25. The SMILES string of the molecule is Cc1cc2[nH]c(C)c(C)c2cc1Br. The van der Waals surface area contributed by atoms with E-state index in [1.807, 2.05) is 0 Å². The van der Waals surface area contributed by atoms with Crippen LogP contribution in [0.25, 0.3) is 10.9 Å². The molecule has 0 saturated heterocycles. The van der Waals surface area contributed by atoms with Gasteiger partial charge in [-0.3, -0.25) is 0 Å². The molecule has 0 aliphatic rings. The molecule has 68 valence electrons. The van der Waals surface area contributed by atoms with Crippen LogP contribution < -0.4 is 0 Å². The predicted octanol–water partition coefficient (Wildman–Crippen LogP) is 3.86. The molecule has 2 aromatic rings. The summed E-state index contributed by atoms with van der Waals surface area (Å²) in [5, 5.41) is 1.31. The van der Waals surface area contributed by atoms with Crippen molar-refractivity contribution in [2.24, 2.45) is 0 Å². The second kappa shape index (κ2) is 2.88. The summed E-state index contributed by atoms with van der Waals surface area (Å²) in [7, 11) is 0. The molecule has 1 heterocycles. The van der Waals surface area contributed by atoms with E-state index in [-0.39, 0.29) is 0 Å². The van der Waals surface area contributed by atoms with Crippen LogP contribution in [0.4, 0.5) is 0 Å². The van der Waals surface area contributed by atoms with Crippen LogP contribution in [0, 0.1) is 20.8 Å². The third-order valence-electron chi connectivity index (χ3n) is 2.59. The Hall–Kier alpha value is -0.760. The van der Waals surface area contributed by atoms with Gasteiger partial charge in [-0.15, -0.1) is 0 Å². The van der Waals surface area contributed by atoms with Crippen LogP contribution in [-0.2, 0) is 0 Å². The van der Waals surface area contributed by atoms with Gasteiger partial charge in [0, 0.05) is 21.1 Å². The molecule has 0 aliphatic carbocycles. The summed E-state index contributed by atoms with van der Waals surface area (Å²) < 4.78 is 1.18. The number of hydrogen-bond acceptors (Lipinski definition) is 0. The van der Waals surface area contributed by atoms with Crippen molar-refractivity contribution in [1.82, 2.24) is 4.98 Å². The number of H-pyrrole nitrogens is 1. The molecule has 0 aliphatic heterocycles. The third-order valence-corrected chi connectivity index (χ3v) is 3.44. The van der Waals surface area contributed by atoms with E-state index < -0.39 is 0 Å². The number of fused-ring (bicyclic) bond motifs is 1. The van der Waals surface area contributed by atoms with E-state index in [0.29, 0.717) is 0 Å². The highest BCUT2D eigenvalue weighted by atomic mass is 79.9. The van der Waals surface area contributed by atoms with Crippen molar-refractivity contribution in [1.29, 1.82) is 0 Å². The molecule has 2 heteroatoms. The summed E-state index contributed by atoms with van der Waals surface area (Å²) in [5.74, 6) is 0. The molecule has 1 N–H and O–H groups in total. The van der Waals surface area contributed by atoms with Crippen LogP contribution >= 0.6 is 15.9 Å². The third kappa shape index (κ3) is 1.29. The Bertz CT molecular complexity index is 468. The van der Waals surface area contributed by atoms with Gasteiger partial charge >= 0.3 is 0 Å². The fourth-order valence-corrected chi connectivity index (χ4v) is 1.94. The standard InChI is InChI=1S/C11H12BrN/c1-6-4-11-9(5-10(6)12)7(2)8(3)13-11/h4-5,13H,1-3H3. The summed E-state index contributed by atoms with van der Waals surface area (Å²) in [6, 6.07) is 4.36. The molecule has 1 aromatic heterocycles. The Morgan fingerprint density at radius 3 is 2.54 bits per heavy atom. The van der Waals surface area contributed by atoms with Crippen molar-refractivity contribution in [3.63, 3.8) is 0 Å². The van der Waals surface area contributed by atoms with Crippen LogP contribution in [0.5, 0.6) is 0 Å². The number of aromatic amines is 1. The lowest BCUT2D eigenvalue weighted by Crippen LogP contribution is -1.76. The Labute approximate surface area is 86.3 Å². The van der Waals surface area contributed by atoms with E-state index in [1.54, 1.807) is 0 Å². The zero-order valence-electron chi connectivity index (χ0n) is 8.03. The van der Waals surface area contributed by atoms with Crippen molar-refractivity contribution in [2.75, 3.05) is 0 Å². The van der Waals surface area contributed by atoms with Gasteiger partial charge in [-0.25, -0.2) is 0 Å². The fourth-order valence-electron chi connectivity index (χ4n) is 1.59. The minimum atomic E-state index is 1.18. The Morgan fingerprint density at radius 2 is 1.85 bits per heavy atom. The fraction of sp³-hybridized carbons (Fsp3) is 0.273. The first-order valence-corrected chi connectivity index (χ1v) is 5.14. The predicted molar refractivity (Wildman–Crippen MR) is 60.2 cm³/mol. The van der Waals surface area contributed by atoms with Crippen molar-refractivity contribution in [2.45, 2.75) is 20.8 Å². The average Bonchev–Trinajstić information content (AvgIpc) is 2.32. The molecular formula is C11H12BrN. The molecule has 2 rings (SSSR count). The topological polar surface area (TPSA) is 15.8 Å². The van der Waals surface area contributed by atoms with Crippen molar-refractivity contribution in [3.8, 4) is 0 Å². The number of aryl methyl sites for hydroxylation is 3. The Balaban J connectivity index is 2.89. The van der Waals surface area contributed by atoms with Crippen molar-refractivity contribution < 1.29 is 0 Å². The normalized spacial score (nSPS) is 11.1. The number of halogens is 1. The molecular weight excluding hydrogens is 226 g/mol. The van der Waals surface area contributed by atoms with Gasteiger partial charge < -0.3 is 4.98 Å². The first-order chi connectivity index (χ1) is 6.09. The van der Waals surface area contributed by atoms with Gasteiger partial charge in [0.15, 0.2) is 0 Å². The smallest absolute Gasteiger partial charge is 0.0462 e. The molecule has 0 bridgehead atoms. The summed E-state index contributed by atoms with van der Waals surface area (Å²) in [6.45, 7) is 6.36. The maximum Gasteiger partial charge on any atom is 0.0462 e. The molecule has 1 nitrogen and oxygen atoms in total. The van der Waals surface area contributed by atoms with Gasteiger partial charge in [0.1, 0.15) is 0 Å². The van der Waals surface area contributed by atoms with E-state index >= 15 is 0 Å². The zero-order chi connectivity index (χ0) is 9.59. The Morgan fingerprint density at radius 1 is 1.15 bits per heavy atom. The lowest BCUT2D eigenvalue weighted by atomic mass is 10.1. The summed E-state index contributed by atoms with van der Waals surface area (Å²) in [5.41, 5.74) is 5.10. The lowest BCUT2D eigenvalue weighted by Gasteiger charge is -1.98. The van der Waals surface area contributed by atoms with E-state index in [1.165, 1.54) is 32.2 Å². The molecule has 0 spiro atoms. The van der Waals surface area contributed by atoms with E-state index in [4.69, 9.17) is 0 Å². The van der Waals surface area contributed by atoms with Crippen molar-refractivity contribution >= 4 is 26.8 Å². The second-order valence-electron chi connectivity index (χ2n) is 3.52. The van der Waals surface area contributed by atoms with Crippen LogP contribution in [0.1, 0.15) is 16.8 Å². The van der Waals surface area contributed by atoms with Crippen LogP contribution in [-0.4, -0.2) is 4.98 Å². The summed E-state index contributed by atoms with van der Waals surface area (Å²) >= 11 is 3.55. The van der Waals surface area contributed by atoms with Gasteiger partial charge in [-0.1, -0.05) is 15.9 Å². The first-order valence-electron chi connectivity index (χ1n) is 4.34. The van der Waals surface area contributed by atoms with Crippen LogP contribution in [0.3, 0.4) is 0 Å². The number of hydrogen-bond donors (Lipinski definition) is 1. The highest BCUT2D eigenvalue weighted by molar-refractivity contribution is 9.10. The number of aromatic nitrogens is 1. The summed E-state index contributed by atoms with van der Waals surface area (Å²) in [6.07, 6.45) is 0. The highest BCUT2D eigenvalue weighted by Crippen LogP contribution is 2.27. The largest absolute Gasteiger partial charge is 0.358 e. The molecule has 0 atom stereocenters.